The van der Waals surface area contributed by atoms with Gasteiger partial charge in [0.25, 0.3) is 5.91 Å². The number of ether oxygens (including phenoxy) is 2. The van der Waals surface area contributed by atoms with Crippen LogP contribution in [0.4, 0.5) is 11.4 Å². The summed E-state index contributed by atoms with van der Waals surface area (Å²) in [5.41, 5.74) is 3.21. The largest absolute Gasteiger partial charge is 0.491 e. The predicted octanol–water partition coefficient (Wildman–Crippen LogP) is 4.21. The van der Waals surface area contributed by atoms with Gasteiger partial charge in [-0.15, -0.1) is 0 Å². The Hall–Kier alpha value is -3.39. The van der Waals surface area contributed by atoms with Gasteiger partial charge in [0.1, 0.15) is 18.6 Å². The molecule has 1 amide bonds. The molecule has 3 heterocycles. The molecular formula is C27H30N4O4. The zero-order valence-corrected chi connectivity index (χ0v) is 19.7. The van der Waals surface area contributed by atoms with Crippen molar-refractivity contribution < 1.29 is 19.1 Å². The molecule has 0 spiro atoms. The van der Waals surface area contributed by atoms with Crippen LogP contribution in [0.1, 0.15) is 48.5 Å². The van der Waals surface area contributed by atoms with Gasteiger partial charge in [-0.2, -0.15) is 5.10 Å². The minimum absolute atomic E-state index is 0.123. The summed E-state index contributed by atoms with van der Waals surface area (Å²) in [4.78, 5) is 26.6. The quantitative estimate of drug-likeness (QED) is 0.560. The number of fused-ring (bicyclic) bond motifs is 7. The summed E-state index contributed by atoms with van der Waals surface area (Å²) in [5.74, 6) is 0.669. The van der Waals surface area contributed by atoms with Crippen LogP contribution < -0.4 is 15.0 Å². The zero-order chi connectivity index (χ0) is 23.8. The van der Waals surface area contributed by atoms with Crippen molar-refractivity contribution in [2.75, 3.05) is 36.5 Å². The minimum atomic E-state index is -0.167. The van der Waals surface area contributed by atoms with Gasteiger partial charge in [-0.3, -0.25) is 9.48 Å². The van der Waals surface area contributed by atoms with Gasteiger partial charge < -0.3 is 24.5 Å². The van der Waals surface area contributed by atoms with Crippen LogP contribution in [0.25, 0.3) is 10.9 Å². The molecule has 35 heavy (non-hydrogen) atoms. The van der Waals surface area contributed by atoms with Crippen molar-refractivity contribution in [2.24, 2.45) is 5.92 Å². The second-order valence-corrected chi connectivity index (χ2v) is 9.80. The lowest BCUT2D eigenvalue weighted by Crippen LogP contribution is -2.26. The number of amides is 1. The van der Waals surface area contributed by atoms with Gasteiger partial charge in [0.15, 0.2) is 0 Å². The summed E-state index contributed by atoms with van der Waals surface area (Å²) in [7, 11) is 0. The predicted molar refractivity (Wildman–Crippen MR) is 133 cm³/mol. The van der Waals surface area contributed by atoms with Crippen molar-refractivity contribution in [1.29, 1.82) is 0 Å². The maximum absolute atomic E-state index is 13.2. The Balaban J connectivity index is 1.36. The first-order chi connectivity index (χ1) is 17.2. The van der Waals surface area contributed by atoms with E-state index in [2.05, 4.69) is 27.2 Å². The molecule has 2 fully saturated rings. The van der Waals surface area contributed by atoms with Crippen molar-refractivity contribution in [2.45, 2.75) is 44.2 Å². The Labute approximate surface area is 204 Å². The SMILES string of the molecule is O=C[C@H]1CC[C@H](n2cc3cc4c(cc3n2)N2CC[C@H](C2)OCCOc2cccc(c2)C(=O)N4)CC1. The van der Waals surface area contributed by atoms with E-state index in [4.69, 9.17) is 14.6 Å². The van der Waals surface area contributed by atoms with Crippen LogP contribution in [0.15, 0.2) is 42.6 Å². The molecule has 1 saturated heterocycles. The summed E-state index contributed by atoms with van der Waals surface area (Å²) < 4.78 is 13.9. The molecule has 1 aromatic heterocycles. The number of nitrogens with zero attached hydrogens (tertiary/aromatic N) is 3. The summed E-state index contributed by atoms with van der Waals surface area (Å²) in [6.45, 7) is 2.57. The minimum Gasteiger partial charge on any atom is -0.491 e. The molecule has 1 atom stereocenters. The molecule has 3 aliphatic rings. The highest BCUT2D eigenvalue weighted by Gasteiger charge is 2.27. The number of carbonyl (C=O) groups excluding carboxylic acids is 2. The van der Waals surface area contributed by atoms with Crippen LogP contribution in [0, 0.1) is 5.92 Å². The highest BCUT2D eigenvalue weighted by atomic mass is 16.5. The number of rotatable bonds is 2. The second kappa shape index (κ2) is 9.34. The number of nitrogens with one attached hydrogen (secondary N) is 1. The van der Waals surface area contributed by atoms with Crippen molar-refractivity contribution >= 4 is 34.5 Å². The molecule has 8 nitrogen and oxygen atoms in total. The molecule has 2 aliphatic heterocycles. The van der Waals surface area contributed by atoms with Crippen LogP contribution in [-0.4, -0.2) is 54.4 Å². The molecule has 8 heteroatoms. The van der Waals surface area contributed by atoms with Crippen LogP contribution in [0.3, 0.4) is 0 Å². The van der Waals surface area contributed by atoms with Crippen LogP contribution >= 0.6 is 0 Å². The molecule has 1 saturated carbocycles. The smallest absolute Gasteiger partial charge is 0.255 e. The van der Waals surface area contributed by atoms with Crippen molar-refractivity contribution in [3.05, 3.63) is 48.2 Å². The molecule has 182 valence electrons. The zero-order valence-electron chi connectivity index (χ0n) is 19.7. The highest BCUT2D eigenvalue weighted by Crippen LogP contribution is 2.36. The maximum Gasteiger partial charge on any atom is 0.255 e. The lowest BCUT2D eigenvalue weighted by Gasteiger charge is -2.25. The average Bonchev–Trinajstić information content (AvgIpc) is 3.53. The third-order valence-corrected chi connectivity index (χ3v) is 7.48. The maximum atomic E-state index is 13.2. The standard InChI is InChI=1S/C27H30N4O4/c32-17-18-4-6-21(7-5-18)31-15-20-13-25-26(14-24(20)29-31)30-9-8-23(16-30)35-11-10-34-22-3-1-2-19(12-22)27(33)28-25/h1-3,12-15,17-18,21,23H,4-11,16H2,(H,28,33)/t18-,21-,23-/m1/s1. The van der Waals surface area contributed by atoms with E-state index in [0.717, 1.165) is 73.8 Å². The summed E-state index contributed by atoms with van der Waals surface area (Å²) >= 11 is 0. The number of benzene rings is 2. The van der Waals surface area contributed by atoms with E-state index in [1.807, 2.05) is 18.2 Å². The van der Waals surface area contributed by atoms with Crippen LogP contribution in [0.2, 0.25) is 0 Å². The fourth-order valence-electron chi connectivity index (χ4n) is 5.51. The lowest BCUT2D eigenvalue weighted by atomic mass is 9.87. The van der Waals surface area contributed by atoms with Gasteiger partial charge in [-0.1, -0.05) is 6.07 Å². The van der Waals surface area contributed by atoms with E-state index < -0.39 is 0 Å². The van der Waals surface area contributed by atoms with E-state index in [1.54, 1.807) is 12.1 Å². The molecule has 0 unspecified atom stereocenters. The second-order valence-electron chi connectivity index (χ2n) is 9.80. The number of aldehydes is 1. The van der Waals surface area contributed by atoms with Crippen LogP contribution in [0.5, 0.6) is 5.75 Å². The fraction of sp³-hybridized carbons (Fsp3) is 0.444. The highest BCUT2D eigenvalue weighted by molar-refractivity contribution is 6.07. The molecule has 3 aromatic rings. The normalized spacial score (nSPS) is 24.9. The van der Waals surface area contributed by atoms with Crippen molar-refractivity contribution in [3.63, 3.8) is 0 Å². The number of hydrogen-bond donors (Lipinski definition) is 1. The van der Waals surface area contributed by atoms with Gasteiger partial charge in [-0.25, -0.2) is 0 Å². The molecule has 2 aromatic carbocycles. The van der Waals surface area contributed by atoms with Gasteiger partial charge in [-0.05, 0) is 62.4 Å². The number of hydrogen-bond acceptors (Lipinski definition) is 6. The Morgan fingerprint density at radius 3 is 2.80 bits per heavy atom. The van der Waals surface area contributed by atoms with Gasteiger partial charge in [0.05, 0.1) is 35.6 Å². The average molecular weight is 475 g/mol. The van der Waals surface area contributed by atoms with E-state index in [0.29, 0.717) is 30.6 Å². The number of anilines is 2. The van der Waals surface area contributed by atoms with Crippen LogP contribution in [-0.2, 0) is 9.53 Å². The van der Waals surface area contributed by atoms with Crippen molar-refractivity contribution in [3.8, 4) is 5.75 Å². The third kappa shape index (κ3) is 4.50. The molecule has 0 radical (unpaired) electrons. The summed E-state index contributed by atoms with van der Waals surface area (Å²) in [5, 5.41) is 9.05. The van der Waals surface area contributed by atoms with Gasteiger partial charge >= 0.3 is 0 Å². The van der Waals surface area contributed by atoms with Gasteiger partial charge in [0, 0.05) is 36.2 Å². The van der Waals surface area contributed by atoms with E-state index in [1.165, 1.54) is 0 Å². The third-order valence-electron chi connectivity index (χ3n) is 7.48. The van der Waals surface area contributed by atoms with E-state index >= 15 is 0 Å². The first kappa shape index (κ1) is 22.1. The first-order valence-electron chi connectivity index (χ1n) is 12.6. The Morgan fingerprint density at radius 1 is 1.06 bits per heavy atom. The molecule has 1 aliphatic carbocycles. The monoisotopic (exact) mass is 474 g/mol. The number of aromatic nitrogens is 2. The lowest BCUT2D eigenvalue weighted by molar-refractivity contribution is -0.112. The summed E-state index contributed by atoms with van der Waals surface area (Å²) in [6.07, 6.45) is 7.94. The number of carbonyl (C=O) groups is 2. The Bertz CT molecular complexity index is 1250. The van der Waals surface area contributed by atoms with Crippen molar-refractivity contribution in [1.82, 2.24) is 9.78 Å². The van der Waals surface area contributed by atoms with E-state index in [9.17, 15) is 9.59 Å². The Kier molecular flexibility index (Phi) is 5.90. The molecular weight excluding hydrogens is 444 g/mol. The fourth-order valence-corrected chi connectivity index (χ4v) is 5.51. The topological polar surface area (TPSA) is 85.7 Å². The molecule has 6 rings (SSSR count). The molecule has 4 bridgehead atoms. The van der Waals surface area contributed by atoms with E-state index in [-0.39, 0.29) is 17.9 Å². The molecule has 1 N–H and O–H groups in total. The Morgan fingerprint density at radius 2 is 1.94 bits per heavy atom. The summed E-state index contributed by atoms with van der Waals surface area (Å²) in [6, 6.07) is 11.7. The van der Waals surface area contributed by atoms with Gasteiger partial charge in [0.2, 0.25) is 0 Å². The first-order valence-corrected chi connectivity index (χ1v) is 12.6.